The highest BCUT2D eigenvalue weighted by atomic mass is 16.5. The van der Waals surface area contributed by atoms with Crippen molar-refractivity contribution in [2.45, 2.75) is 33.6 Å². The van der Waals surface area contributed by atoms with Gasteiger partial charge in [-0.3, -0.25) is 4.79 Å². The molecule has 1 aliphatic heterocycles. The van der Waals surface area contributed by atoms with Crippen LogP contribution in [-0.2, 0) is 4.79 Å². The minimum Gasteiger partial charge on any atom is -0.497 e. The highest BCUT2D eigenvalue weighted by Crippen LogP contribution is 2.34. The summed E-state index contributed by atoms with van der Waals surface area (Å²) in [6, 6.07) is 5.36. The zero-order chi connectivity index (χ0) is 22.1. The summed E-state index contributed by atoms with van der Waals surface area (Å²) in [4.78, 5) is 24.4. The van der Waals surface area contributed by atoms with Crippen LogP contribution < -0.4 is 19.7 Å². The van der Waals surface area contributed by atoms with E-state index in [-0.39, 0.29) is 11.8 Å². The van der Waals surface area contributed by atoms with Crippen LogP contribution in [0, 0.1) is 26.7 Å². The van der Waals surface area contributed by atoms with Gasteiger partial charge in [-0.05, 0) is 45.7 Å². The van der Waals surface area contributed by atoms with Gasteiger partial charge in [0.1, 0.15) is 28.9 Å². The molecular weight excluding hydrogens is 396 g/mol. The Hall–Kier alpha value is -3.29. The molecule has 0 unspecified atom stereocenters. The number of ether oxygens (including phenoxy) is 2. The lowest BCUT2D eigenvalue weighted by Crippen LogP contribution is -2.41. The largest absolute Gasteiger partial charge is 0.497 e. The molecule has 1 aliphatic rings. The molecule has 4 rings (SSSR count). The molecule has 1 saturated heterocycles. The Bertz CT molecular complexity index is 1120. The number of piperidine rings is 1. The molecule has 31 heavy (non-hydrogen) atoms. The molecule has 1 atom stereocenters. The van der Waals surface area contributed by atoms with Crippen molar-refractivity contribution >= 4 is 28.5 Å². The van der Waals surface area contributed by atoms with Crippen LogP contribution >= 0.6 is 0 Å². The third-order valence-corrected chi connectivity index (χ3v) is 5.88. The molecule has 1 fully saturated rings. The third-order valence-electron chi connectivity index (χ3n) is 5.88. The zero-order valence-corrected chi connectivity index (χ0v) is 18.6. The average Bonchev–Trinajstić information content (AvgIpc) is 3.06. The van der Waals surface area contributed by atoms with E-state index in [1.807, 2.05) is 20.8 Å². The molecule has 0 saturated carbocycles. The predicted molar refractivity (Wildman–Crippen MR) is 119 cm³/mol. The number of aryl methyl sites for hydroxylation is 3. The number of nitrogens with one attached hydrogen (secondary N) is 1. The van der Waals surface area contributed by atoms with Gasteiger partial charge in [0.25, 0.3) is 0 Å². The van der Waals surface area contributed by atoms with Crippen LogP contribution in [0.3, 0.4) is 0 Å². The third kappa shape index (κ3) is 4.02. The maximum absolute atomic E-state index is 13.1. The first-order valence-electron chi connectivity index (χ1n) is 10.4. The second-order valence-electron chi connectivity index (χ2n) is 7.90. The van der Waals surface area contributed by atoms with Crippen LogP contribution in [0.1, 0.15) is 30.0 Å². The Morgan fingerprint density at radius 1 is 1.19 bits per heavy atom. The molecule has 1 amide bonds. The Morgan fingerprint density at radius 3 is 2.74 bits per heavy atom. The molecule has 1 N–H and O–H groups in total. The number of fused-ring (bicyclic) bond motifs is 1. The van der Waals surface area contributed by atoms with Crippen LogP contribution in [0.25, 0.3) is 11.1 Å². The molecule has 0 radical (unpaired) electrons. The van der Waals surface area contributed by atoms with E-state index < -0.39 is 0 Å². The summed E-state index contributed by atoms with van der Waals surface area (Å²) in [5, 5.41) is 3.95. The van der Waals surface area contributed by atoms with Crippen LogP contribution in [0.15, 0.2) is 22.6 Å². The minimum absolute atomic E-state index is 0.0321. The summed E-state index contributed by atoms with van der Waals surface area (Å²) in [5.74, 6) is 3.39. The molecule has 8 heteroatoms. The fraction of sp³-hybridized carbons (Fsp3) is 0.435. The van der Waals surface area contributed by atoms with Crippen molar-refractivity contribution in [2.24, 2.45) is 5.92 Å². The van der Waals surface area contributed by atoms with Crippen molar-refractivity contribution in [3.8, 4) is 11.5 Å². The molecular formula is C23H28N4O4. The molecule has 2 aromatic heterocycles. The number of rotatable bonds is 5. The van der Waals surface area contributed by atoms with Crippen molar-refractivity contribution in [1.82, 2.24) is 9.97 Å². The molecule has 164 valence electrons. The first-order valence-corrected chi connectivity index (χ1v) is 10.4. The standard InChI is InChI=1S/C23H28N4O4/c1-13-14(2)31-23-20(13)21(24-15(3)25-23)27-10-6-7-16(12-27)22(28)26-18-9-8-17(29-4)11-19(18)30-5/h8-9,11,16H,6-7,10,12H2,1-5H3,(H,26,28)/t16-/m1/s1. The summed E-state index contributed by atoms with van der Waals surface area (Å²) < 4.78 is 16.5. The smallest absolute Gasteiger partial charge is 0.231 e. The summed E-state index contributed by atoms with van der Waals surface area (Å²) >= 11 is 0. The first kappa shape index (κ1) is 21.0. The number of hydrogen-bond donors (Lipinski definition) is 1. The lowest BCUT2D eigenvalue weighted by atomic mass is 9.96. The summed E-state index contributed by atoms with van der Waals surface area (Å²) in [6.07, 6.45) is 1.72. The van der Waals surface area contributed by atoms with Gasteiger partial charge in [0, 0.05) is 24.7 Å². The van der Waals surface area contributed by atoms with Crippen LogP contribution in [0.2, 0.25) is 0 Å². The van der Waals surface area contributed by atoms with Crippen LogP contribution in [0.5, 0.6) is 11.5 Å². The monoisotopic (exact) mass is 424 g/mol. The minimum atomic E-state index is -0.167. The van der Waals surface area contributed by atoms with Gasteiger partial charge in [-0.15, -0.1) is 0 Å². The van der Waals surface area contributed by atoms with Crippen molar-refractivity contribution < 1.29 is 18.7 Å². The SMILES string of the molecule is COc1ccc(NC(=O)[C@@H]2CCCN(c3nc(C)nc4oc(C)c(C)c34)C2)c(OC)c1. The Morgan fingerprint density at radius 2 is 2.00 bits per heavy atom. The number of amides is 1. The number of nitrogens with zero attached hydrogens (tertiary/aromatic N) is 3. The number of anilines is 2. The van der Waals surface area contributed by atoms with Crippen LogP contribution in [0.4, 0.5) is 11.5 Å². The van der Waals surface area contributed by atoms with Gasteiger partial charge in [-0.2, -0.15) is 4.98 Å². The Kier molecular flexibility index (Phi) is 5.71. The lowest BCUT2D eigenvalue weighted by Gasteiger charge is -2.33. The van der Waals surface area contributed by atoms with Crippen molar-refractivity contribution in [1.29, 1.82) is 0 Å². The van der Waals surface area contributed by atoms with Gasteiger partial charge in [-0.1, -0.05) is 0 Å². The Labute approximate surface area is 181 Å². The fourth-order valence-electron chi connectivity index (χ4n) is 4.08. The van der Waals surface area contributed by atoms with E-state index in [9.17, 15) is 4.79 Å². The number of benzene rings is 1. The van der Waals surface area contributed by atoms with Gasteiger partial charge in [0.05, 0.1) is 31.2 Å². The number of methoxy groups -OCH3 is 2. The van der Waals surface area contributed by atoms with E-state index in [1.165, 1.54) is 0 Å². The second kappa shape index (κ2) is 8.45. The first-order chi connectivity index (χ1) is 14.9. The van der Waals surface area contributed by atoms with Crippen molar-refractivity contribution in [3.05, 3.63) is 35.3 Å². The predicted octanol–water partition coefficient (Wildman–Crippen LogP) is 4.02. The Balaban J connectivity index is 1.57. The summed E-state index contributed by atoms with van der Waals surface area (Å²) in [6.45, 7) is 7.24. The maximum Gasteiger partial charge on any atom is 0.231 e. The lowest BCUT2D eigenvalue weighted by molar-refractivity contribution is -0.120. The van der Waals surface area contributed by atoms with Crippen molar-refractivity contribution in [2.75, 3.05) is 37.5 Å². The van der Waals surface area contributed by atoms with Gasteiger partial charge in [-0.25, -0.2) is 4.98 Å². The van der Waals surface area contributed by atoms with Gasteiger partial charge in [0.2, 0.25) is 11.6 Å². The summed E-state index contributed by atoms with van der Waals surface area (Å²) in [7, 11) is 3.17. The number of hydrogen-bond acceptors (Lipinski definition) is 7. The molecule has 3 heterocycles. The fourth-order valence-corrected chi connectivity index (χ4v) is 4.08. The average molecular weight is 425 g/mol. The normalized spacial score (nSPS) is 16.4. The van der Waals surface area contributed by atoms with E-state index in [0.29, 0.717) is 35.3 Å². The van der Waals surface area contributed by atoms with Gasteiger partial charge < -0.3 is 24.1 Å². The van der Waals surface area contributed by atoms with Gasteiger partial charge in [0.15, 0.2) is 0 Å². The van der Waals surface area contributed by atoms with E-state index >= 15 is 0 Å². The highest BCUT2D eigenvalue weighted by molar-refractivity contribution is 5.95. The van der Waals surface area contributed by atoms with E-state index in [4.69, 9.17) is 18.9 Å². The molecule has 0 spiro atoms. The van der Waals surface area contributed by atoms with Gasteiger partial charge >= 0.3 is 0 Å². The van der Waals surface area contributed by atoms with Crippen LogP contribution in [-0.4, -0.2) is 43.2 Å². The number of carbonyl (C=O) groups excluding carboxylic acids is 1. The maximum atomic E-state index is 13.1. The molecule has 1 aromatic carbocycles. The summed E-state index contributed by atoms with van der Waals surface area (Å²) in [5.41, 5.74) is 2.28. The number of carbonyl (C=O) groups is 1. The van der Waals surface area contributed by atoms with Crippen molar-refractivity contribution in [3.63, 3.8) is 0 Å². The van der Waals surface area contributed by atoms with E-state index in [2.05, 4.69) is 15.2 Å². The zero-order valence-electron chi connectivity index (χ0n) is 18.6. The second-order valence-corrected chi connectivity index (χ2v) is 7.90. The quantitative estimate of drug-likeness (QED) is 0.662. The number of aromatic nitrogens is 2. The number of furan rings is 1. The van der Waals surface area contributed by atoms with E-state index in [1.54, 1.807) is 32.4 Å². The molecule has 0 aliphatic carbocycles. The molecule has 8 nitrogen and oxygen atoms in total. The molecule has 3 aromatic rings. The highest BCUT2D eigenvalue weighted by Gasteiger charge is 2.29. The topological polar surface area (TPSA) is 89.7 Å². The molecule has 0 bridgehead atoms. The van der Waals surface area contributed by atoms with E-state index in [0.717, 1.165) is 41.9 Å².